The van der Waals surface area contributed by atoms with Crippen molar-refractivity contribution in [1.29, 1.82) is 0 Å². The van der Waals surface area contributed by atoms with Crippen LogP contribution in [0.1, 0.15) is 42.9 Å². The van der Waals surface area contributed by atoms with Gasteiger partial charge >= 0.3 is 0 Å². The summed E-state index contributed by atoms with van der Waals surface area (Å²) in [4.78, 5) is 15.9. The van der Waals surface area contributed by atoms with Gasteiger partial charge in [-0.3, -0.25) is 15.2 Å². The smallest absolute Gasteiger partial charge is 0.248 e. The lowest BCUT2D eigenvalue weighted by atomic mass is 10.2. The number of amides is 1. The standard InChI is InChI=1S/C16H25N5O2/c1-12-8-9-13(2)21(12)10-6-4-5-7-15(22)18-16-17-14(11-23-3)19-20-16/h8-9H,4-7,10-11H2,1-3H3,(H2,17,18,19,20,22). The minimum absolute atomic E-state index is 0.0544. The number of aromatic amines is 1. The SMILES string of the molecule is COCc1nc(NC(=O)CCCCCn2c(C)ccc2C)n[nH]1. The lowest BCUT2D eigenvalue weighted by molar-refractivity contribution is -0.116. The van der Waals surface area contributed by atoms with Crippen molar-refractivity contribution in [2.24, 2.45) is 0 Å². The molecule has 0 aliphatic heterocycles. The van der Waals surface area contributed by atoms with Crippen LogP contribution in [0.25, 0.3) is 0 Å². The number of unbranched alkanes of at least 4 members (excludes halogenated alkanes) is 2. The maximum absolute atomic E-state index is 11.8. The molecule has 1 amide bonds. The largest absolute Gasteiger partial charge is 0.377 e. The molecule has 0 aliphatic rings. The van der Waals surface area contributed by atoms with E-state index in [1.165, 1.54) is 11.4 Å². The van der Waals surface area contributed by atoms with Crippen LogP contribution in [0.15, 0.2) is 12.1 Å². The summed E-state index contributed by atoms with van der Waals surface area (Å²) in [6.45, 7) is 5.60. The number of carbonyl (C=O) groups is 1. The summed E-state index contributed by atoms with van der Waals surface area (Å²) >= 11 is 0. The quantitative estimate of drug-likeness (QED) is 0.696. The van der Waals surface area contributed by atoms with Gasteiger partial charge in [0.1, 0.15) is 6.61 Å². The highest BCUT2D eigenvalue weighted by Gasteiger charge is 2.07. The number of rotatable bonds is 9. The van der Waals surface area contributed by atoms with E-state index >= 15 is 0 Å². The first kappa shape index (κ1) is 17.2. The first-order valence-electron chi connectivity index (χ1n) is 7.93. The van der Waals surface area contributed by atoms with E-state index in [-0.39, 0.29) is 5.91 Å². The van der Waals surface area contributed by atoms with Crippen molar-refractivity contribution in [3.05, 3.63) is 29.3 Å². The predicted molar refractivity (Wildman–Crippen MR) is 88.1 cm³/mol. The van der Waals surface area contributed by atoms with Crippen molar-refractivity contribution in [3.63, 3.8) is 0 Å². The number of nitrogens with one attached hydrogen (secondary N) is 2. The molecule has 2 aromatic heterocycles. The van der Waals surface area contributed by atoms with Gasteiger partial charge in [0.25, 0.3) is 0 Å². The average Bonchev–Trinajstić information content (AvgIpc) is 3.08. The molecule has 0 unspecified atom stereocenters. The molecular formula is C16H25N5O2. The third-order valence-corrected chi connectivity index (χ3v) is 3.77. The number of methoxy groups -OCH3 is 1. The highest BCUT2D eigenvalue weighted by Crippen LogP contribution is 2.10. The molecule has 0 saturated heterocycles. The lowest BCUT2D eigenvalue weighted by Crippen LogP contribution is -2.12. The Morgan fingerprint density at radius 1 is 1.26 bits per heavy atom. The van der Waals surface area contributed by atoms with Gasteiger partial charge in [-0.15, -0.1) is 5.10 Å². The molecular weight excluding hydrogens is 294 g/mol. The summed E-state index contributed by atoms with van der Waals surface area (Å²) < 4.78 is 7.25. The summed E-state index contributed by atoms with van der Waals surface area (Å²) in [5, 5.41) is 9.32. The number of hydrogen-bond acceptors (Lipinski definition) is 4. The summed E-state index contributed by atoms with van der Waals surface area (Å²) in [6.07, 6.45) is 3.44. The van der Waals surface area contributed by atoms with Crippen LogP contribution in [-0.2, 0) is 22.7 Å². The van der Waals surface area contributed by atoms with Crippen LogP contribution in [0, 0.1) is 13.8 Å². The Bertz CT molecular complexity index is 613. The summed E-state index contributed by atoms with van der Waals surface area (Å²) in [6, 6.07) is 4.27. The number of anilines is 1. The van der Waals surface area contributed by atoms with Crippen LogP contribution in [0.2, 0.25) is 0 Å². The average molecular weight is 319 g/mol. The van der Waals surface area contributed by atoms with Gasteiger partial charge in [-0.25, -0.2) is 0 Å². The minimum atomic E-state index is -0.0544. The Labute approximate surface area is 136 Å². The van der Waals surface area contributed by atoms with Gasteiger partial charge in [-0.1, -0.05) is 6.42 Å². The highest BCUT2D eigenvalue weighted by atomic mass is 16.5. The van der Waals surface area contributed by atoms with E-state index < -0.39 is 0 Å². The molecule has 2 aromatic rings. The molecule has 0 spiro atoms. The molecule has 23 heavy (non-hydrogen) atoms. The molecule has 2 N–H and O–H groups in total. The molecule has 0 radical (unpaired) electrons. The molecule has 2 heterocycles. The van der Waals surface area contributed by atoms with E-state index in [1.807, 2.05) is 0 Å². The van der Waals surface area contributed by atoms with Crippen molar-refractivity contribution < 1.29 is 9.53 Å². The number of carbonyl (C=O) groups excluding carboxylic acids is 1. The van der Waals surface area contributed by atoms with Gasteiger partial charge < -0.3 is 9.30 Å². The molecule has 0 fully saturated rings. The Balaban J connectivity index is 1.63. The van der Waals surface area contributed by atoms with E-state index in [2.05, 4.69) is 51.0 Å². The van der Waals surface area contributed by atoms with Gasteiger partial charge in [0, 0.05) is 31.5 Å². The normalized spacial score (nSPS) is 10.9. The van der Waals surface area contributed by atoms with Crippen molar-refractivity contribution in [2.75, 3.05) is 12.4 Å². The summed E-state index contributed by atoms with van der Waals surface area (Å²) in [5.41, 5.74) is 2.58. The molecule has 0 aliphatic carbocycles. The predicted octanol–water partition coefficient (Wildman–Crippen LogP) is 2.57. The first-order chi connectivity index (χ1) is 11.1. The van der Waals surface area contributed by atoms with Gasteiger partial charge in [-0.2, -0.15) is 4.98 Å². The molecule has 7 nitrogen and oxygen atoms in total. The lowest BCUT2D eigenvalue weighted by Gasteiger charge is -2.08. The van der Waals surface area contributed by atoms with Crippen LogP contribution < -0.4 is 5.32 Å². The Morgan fingerprint density at radius 3 is 2.70 bits per heavy atom. The van der Waals surface area contributed by atoms with Crippen LogP contribution in [0.5, 0.6) is 0 Å². The molecule has 0 aromatic carbocycles. The number of ether oxygens (including phenoxy) is 1. The molecule has 2 rings (SSSR count). The number of H-pyrrole nitrogens is 1. The second kappa shape index (κ2) is 8.47. The summed E-state index contributed by atoms with van der Waals surface area (Å²) in [5.74, 6) is 0.849. The molecule has 0 atom stereocenters. The molecule has 7 heteroatoms. The Kier molecular flexibility index (Phi) is 6.34. The number of hydrogen-bond donors (Lipinski definition) is 2. The first-order valence-corrected chi connectivity index (χ1v) is 7.93. The van der Waals surface area contributed by atoms with E-state index in [0.717, 1.165) is 25.8 Å². The van der Waals surface area contributed by atoms with Crippen molar-refractivity contribution in [2.45, 2.75) is 52.7 Å². The van der Waals surface area contributed by atoms with E-state index in [4.69, 9.17) is 4.74 Å². The highest BCUT2D eigenvalue weighted by molar-refractivity contribution is 5.88. The second-order valence-electron chi connectivity index (χ2n) is 5.67. The molecule has 0 bridgehead atoms. The van der Waals surface area contributed by atoms with Gasteiger partial charge in [0.05, 0.1) is 0 Å². The molecule has 0 saturated carbocycles. The van der Waals surface area contributed by atoms with Crippen LogP contribution >= 0.6 is 0 Å². The third-order valence-electron chi connectivity index (χ3n) is 3.77. The fourth-order valence-electron chi connectivity index (χ4n) is 2.52. The Hall–Kier alpha value is -2.15. The van der Waals surface area contributed by atoms with Crippen LogP contribution in [-0.4, -0.2) is 32.8 Å². The van der Waals surface area contributed by atoms with E-state index in [0.29, 0.717) is 24.8 Å². The van der Waals surface area contributed by atoms with Crippen molar-refractivity contribution in [1.82, 2.24) is 19.7 Å². The van der Waals surface area contributed by atoms with Crippen molar-refractivity contribution in [3.8, 4) is 0 Å². The summed E-state index contributed by atoms with van der Waals surface area (Å²) in [7, 11) is 1.58. The van der Waals surface area contributed by atoms with E-state index in [9.17, 15) is 4.79 Å². The van der Waals surface area contributed by atoms with Gasteiger partial charge in [-0.05, 0) is 38.8 Å². The fourth-order valence-corrected chi connectivity index (χ4v) is 2.52. The maximum Gasteiger partial charge on any atom is 0.248 e. The van der Waals surface area contributed by atoms with Crippen LogP contribution in [0.4, 0.5) is 5.95 Å². The van der Waals surface area contributed by atoms with Gasteiger partial charge in [0.15, 0.2) is 5.82 Å². The second-order valence-corrected chi connectivity index (χ2v) is 5.67. The molecule has 126 valence electrons. The zero-order valence-electron chi connectivity index (χ0n) is 14.1. The zero-order valence-corrected chi connectivity index (χ0v) is 14.1. The van der Waals surface area contributed by atoms with E-state index in [1.54, 1.807) is 7.11 Å². The Morgan fingerprint density at radius 2 is 2.00 bits per heavy atom. The monoisotopic (exact) mass is 319 g/mol. The number of aryl methyl sites for hydroxylation is 2. The topological polar surface area (TPSA) is 84.8 Å². The number of aromatic nitrogens is 4. The fraction of sp³-hybridized carbons (Fsp3) is 0.562. The number of nitrogens with zero attached hydrogens (tertiary/aromatic N) is 3. The van der Waals surface area contributed by atoms with Crippen molar-refractivity contribution >= 4 is 11.9 Å². The van der Waals surface area contributed by atoms with Gasteiger partial charge in [0.2, 0.25) is 11.9 Å². The maximum atomic E-state index is 11.8. The zero-order chi connectivity index (χ0) is 16.7. The minimum Gasteiger partial charge on any atom is -0.377 e. The third kappa shape index (κ3) is 5.21. The van der Waals surface area contributed by atoms with Crippen LogP contribution in [0.3, 0.4) is 0 Å².